The molecule has 3 aromatic rings. The molecule has 3 aromatic carbocycles. The lowest BCUT2D eigenvalue weighted by Crippen LogP contribution is -2.14. The predicted octanol–water partition coefficient (Wildman–Crippen LogP) is 5.07. The van der Waals surface area contributed by atoms with E-state index in [0.717, 1.165) is 11.1 Å². The summed E-state index contributed by atoms with van der Waals surface area (Å²) in [7, 11) is 0. The number of carbonyl (C=O) groups excluding carboxylic acids is 1. The zero-order chi connectivity index (χ0) is 16.1. The summed E-state index contributed by atoms with van der Waals surface area (Å²) in [6, 6.07) is 21.9. The lowest BCUT2D eigenvalue weighted by Gasteiger charge is -2.10. The average Bonchev–Trinajstić information content (AvgIpc) is 2.58. The molecule has 0 fully saturated rings. The van der Waals surface area contributed by atoms with Crippen LogP contribution in [0, 0.1) is 5.82 Å². The van der Waals surface area contributed by atoms with Crippen LogP contribution in [0.4, 0.5) is 9.18 Å². The van der Waals surface area contributed by atoms with E-state index in [-0.39, 0.29) is 5.75 Å². The fourth-order valence-electron chi connectivity index (χ4n) is 2.12. The average molecular weight is 308 g/mol. The summed E-state index contributed by atoms with van der Waals surface area (Å²) in [6.07, 6.45) is -0.875. The monoisotopic (exact) mass is 308 g/mol. The number of rotatable bonds is 3. The van der Waals surface area contributed by atoms with Crippen molar-refractivity contribution < 1.29 is 18.7 Å². The molecule has 0 aliphatic rings. The Morgan fingerprint density at radius 2 is 1.39 bits per heavy atom. The van der Waals surface area contributed by atoms with Crippen LogP contribution < -0.4 is 9.47 Å². The lowest BCUT2D eigenvalue weighted by molar-refractivity contribution is 0.152. The molecule has 4 heteroatoms. The topological polar surface area (TPSA) is 35.5 Å². The molecule has 23 heavy (non-hydrogen) atoms. The van der Waals surface area contributed by atoms with Crippen LogP contribution in [0.5, 0.6) is 11.5 Å². The summed E-state index contributed by atoms with van der Waals surface area (Å²) < 4.78 is 23.2. The fraction of sp³-hybridized carbons (Fsp3) is 0. The van der Waals surface area contributed by atoms with Gasteiger partial charge in [-0.05, 0) is 35.9 Å². The molecule has 0 aliphatic carbocycles. The van der Waals surface area contributed by atoms with Crippen molar-refractivity contribution in [1.82, 2.24) is 0 Å². The van der Waals surface area contributed by atoms with Crippen molar-refractivity contribution >= 4 is 6.16 Å². The maximum atomic E-state index is 12.8. The van der Waals surface area contributed by atoms with Crippen molar-refractivity contribution in [2.24, 2.45) is 0 Å². The molecular formula is C19H13FO3. The van der Waals surface area contributed by atoms with Crippen molar-refractivity contribution in [1.29, 1.82) is 0 Å². The van der Waals surface area contributed by atoms with E-state index in [4.69, 9.17) is 9.47 Å². The molecule has 3 nitrogen and oxygen atoms in total. The molecule has 0 unspecified atom stereocenters. The second-order valence-electron chi connectivity index (χ2n) is 4.77. The van der Waals surface area contributed by atoms with Crippen molar-refractivity contribution in [2.45, 2.75) is 0 Å². The van der Waals surface area contributed by atoms with Gasteiger partial charge < -0.3 is 9.47 Å². The fourth-order valence-corrected chi connectivity index (χ4v) is 2.12. The van der Waals surface area contributed by atoms with E-state index in [0.29, 0.717) is 5.75 Å². The molecule has 0 aromatic heterocycles. The highest BCUT2D eigenvalue weighted by Crippen LogP contribution is 2.29. The highest BCUT2D eigenvalue weighted by molar-refractivity contribution is 5.75. The summed E-state index contributed by atoms with van der Waals surface area (Å²) in [4.78, 5) is 11.9. The third kappa shape index (κ3) is 3.74. The number of ether oxygens (including phenoxy) is 2. The van der Waals surface area contributed by atoms with Gasteiger partial charge in [0, 0.05) is 5.56 Å². The molecular weight excluding hydrogens is 295 g/mol. The number of halogens is 1. The number of benzene rings is 3. The standard InChI is InChI=1S/C19H13FO3/c20-15-10-12-16(13-11-15)22-19(21)23-18-9-5-4-8-17(18)14-6-2-1-3-7-14/h1-13H. The molecule has 0 spiro atoms. The maximum Gasteiger partial charge on any atom is 0.519 e. The SMILES string of the molecule is O=C(Oc1ccc(F)cc1)Oc1ccccc1-c1ccccc1. The summed E-state index contributed by atoms with van der Waals surface area (Å²) in [6.45, 7) is 0. The van der Waals surface area contributed by atoms with Crippen LogP contribution in [0.3, 0.4) is 0 Å². The molecule has 0 bridgehead atoms. The van der Waals surface area contributed by atoms with Gasteiger partial charge in [-0.2, -0.15) is 0 Å². The first-order valence-electron chi connectivity index (χ1n) is 7.02. The molecule has 0 radical (unpaired) electrons. The van der Waals surface area contributed by atoms with Crippen molar-refractivity contribution in [3.05, 3.63) is 84.7 Å². The van der Waals surface area contributed by atoms with E-state index in [1.165, 1.54) is 24.3 Å². The molecule has 114 valence electrons. The molecule has 0 aliphatic heterocycles. The van der Waals surface area contributed by atoms with Gasteiger partial charge in [0.2, 0.25) is 0 Å². The molecule has 0 amide bonds. The highest BCUT2D eigenvalue weighted by Gasteiger charge is 2.12. The molecule has 3 rings (SSSR count). The van der Waals surface area contributed by atoms with Crippen LogP contribution in [0.25, 0.3) is 11.1 Å². The Hall–Kier alpha value is -3.14. The molecule has 0 heterocycles. The van der Waals surface area contributed by atoms with Crippen molar-refractivity contribution in [2.75, 3.05) is 0 Å². The van der Waals surface area contributed by atoms with E-state index in [1.807, 2.05) is 42.5 Å². The van der Waals surface area contributed by atoms with Gasteiger partial charge in [-0.3, -0.25) is 0 Å². The summed E-state index contributed by atoms with van der Waals surface area (Å²) >= 11 is 0. The summed E-state index contributed by atoms with van der Waals surface area (Å²) in [5.41, 5.74) is 1.71. The van der Waals surface area contributed by atoms with Crippen LogP contribution in [0.1, 0.15) is 0 Å². The van der Waals surface area contributed by atoms with Crippen LogP contribution in [0.15, 0.2) is 78.9 Å². The Morgan fingerprint density at radius 1 is 0.739 bits per heavy atom. The van der Waals surface area contributed by atoms with E-state index in [2.05, 4.69) is 0 Å². The van der Waals surface area contributed by atoms with Crippen LogP contribution in [-0.2, 0) is 0 Å². The van der Waals surface area contributed by atoms with Gasteiger partial charge in [0.25, 0.3) is 0 Å². The Bertz CT molecular complexity index is 798. The minimum atomic E-state index is -0.875. The Kier molecular flexibility index (Phi) is 4.34. The normalized spacial score (nSPS) is 10.1. The van der Waals surface area contributed by atoms with Gasteiger partial charge >= 0.3 is 6.16 Å². The van der Waals surface area contributed by atoms with Gasteiger partial charge in [-0.25, -0.2) is 9.18 Å². The minimum Gasteiger partial charge on any atom is -0.395 e. The second kappa shape index (κ2) is 6.75. The smallest absolute Gasteiger partial charge is 0.395 e. The largest absolute Gasteiger partial charge is 0.519 e. The summed E-state index contributed by atoms with van der Waals surface area (Å²) in [5, 5.41) is 0. The number of hydrogen-bond acceptors (Lipinski definition) is 3. The van der Waals surface area contributed by atoms with Crippen molar-refractivity contribution in [3.63, 3.8) is 0 Å². The van der Waals surface area contributed by atoms with Gasteiger partial charge in [0.05, 0.1) is 0 Å². The van der Waals surface area contributed by atoms with Gasteiger partial charge in [-0.1, -0.05) is 48.5 Å². The van der Waals surface area contributed by atoms with Gasteiger partial charge in [0.1, 0.15) is 17.3 Å². The van der Waals surface area contributed by atoms with E-state index in [1.54, 1.807) is 12.1 Å². The van der Waals surface area contributed by atoms with E-state index < -0.39 is 12.0 Å². The molecule has 0 saturated carbocycles. The Labute approximate surface area is 132 Å². The molecule has 0 N–H and O–H groups in total. The first kappa shape index (κ1) is 14.8. The minimum absolute atomic E-state index is 0.216. The third-order valence-electron chi connectivity index (χ3n) is 3.18. The van der Waals surface area contributed by atoms with E-state index in [9.17, 15) is 9.18 Å². The van der Waals surface area contributed by atoms with Crippen molar-refractivity contribution in [3.8, 4) is 22.6 Å². The zero-order valence-electron chi connectivity index (χ0n) is 12.1. The third-order valence-corrected chi connectivity index (χ3v) is 3.18. The number of para-hydroxylation sites is 1. The van der Waals surface area contributed by atoms with Crippen LogP contribution >= 0.6 is 0 Å². The van der Waals surface area contributed by atoms with Gasteiger partial charge in [-0.15, -0.1) is 0 Å². The zero-order valence-corrected chi connectivity index (χ0v) is 12.1. The summed E-state index contributed by atoms with van der Waals surface area (Å²) in [5.74, 6) is 0.208. The van der Waals surface area contributed by atoms with Crippen LogP contribution in [0.2, 0.25) is 0 Å². The maximum absolute atomic E-state index is 12.8. The first-order chi connectivity index (χ1) is 11.2. The molecule has 0 saturated heterocycles. The Morgan fingerprint density at radius 3 is 2.13 bits per heavy atom. The Balaban J connectivity index is 1.78. The predicted molar refractivity (Wildman–Crippen MR) is 84.9 cm³/mol. The van der Waals surface area contributed by atoms with Crippen LogP contribution in [-0.4, -0.2) is 6.16 Å². The van der Waals surface area contributed by atoms with Gasteiger partial charge in [0.15, 0.2) is 0 Å². The first-order valence-corrected chi connectivity index (χ1v) is 7.02. The molecule has 0 atom stereocenters. The quantitative estimate of drug-likeness (QED) is 0.500. The second-order valence-corrected chi connectivity index (χ2v) is 4.77. The number of hydrogen-bond donors (Lipinski definition) is 0. The highest BCUT2D eigenvalue weighted by atomic mass is 19.1. The number of carbonyl (C=O) groups is 1. The lowest BCUT2D eigenvalue weighted by atomic mass is 10.1. The van der Waals surface area contributed by atoms with E-state index >= 15 is 0 Å².